The molecule has 1 amide bonds. The molecule has 140 valence electrons. The van der Waals surface area contributed by atoms with E-state index in [4.69, 9.17) is 16.0 Å². The van der Waals surface area contributed by atoms with E-state index < -0.39 is 21.0 Å². The lowest BCUT2D eigenvalue weighted by molar-refractivity contribution is 0.102. The molecule has 1 aromatic heterocycles. The molecule has 0 unspecified atom stereocenters. The maximum atomic E-state index is 12.3. The largest absolute Gasteiger partial charge is 0.403 e. The molecule has 0 saturated heterocycles. The van der Waals surface area contributed by atoms with Gasteiger partial charge in [-0.25, -0.2) is 8.42 Å². The number of anilines is 1. The maximum absolute atomic E-state index is 12.3. The molecule has 0 aliphatic carbocycles. The van der Waals surface area contributed by atoms with E-state index in [0.29, 0.717) is 16.1 Å². The number of amides is 1. The zero-order valence-electron chi connectivity index (χ0n) is 14.5. The van der Waals surface area contributed by atoms with Gasteiger partial charge in [-0.05, 0) is 50.2 Å². The van der Waals surface area contributed by atoms with Crippen molar-refractivity contribution in [2.24, 2.45) is 0 Å². The normalized spacial score (nSPS) is 11.6. The van der Waals surface area contributed by atoms with Crippen molar-refractivity contribution in [1.29, 1.82) is 0 Å². The smallest absolute Gasteiger partial charge is 0.322 e. The first-order valence-electron chi connectivity index (χ1n) is 8.02. The second kappa shape index (κ2) is 7.50. The monoisotopic (exact) mass is 405 g/mol. The van der Waals surface area contributed by atoms with Crippen molar-refractivity contribution in [3.8, 4) is 11.5 Å². The molecule has 1 heterocycles. The first-order valence-corrected chi connectivity index (χ1v) is 9.94. The van der Waals surface area contributed by atoms with Gasteiger partial charge in [-0.1, -0.05) is 28.8 Å². The Bertz CT molecular complexity index is 1090. The summed E-state index contributed by atoms with van der Waals surface area (Å²) in [6.45, 7) is 3.22. The van der Waals surface area contributed by atoms with E-state index in [-0.39, 0.29) is 16.8 Å². The summed E-state index contributed by atoms with van der Waals surface area (Å²) in [5.41, 5.74) is 0.778. The van der Waals surface area contributed by atoms with E-state index in [1.54, 1.807) is 44.2 Å². The topological polar surface area (TPSA) is 102 Å². The van der Waals surface area contributed by atoms with Crippen LogP contribution in [0.25, 0.3) is 11.5 Å². The molecule has 3 aromatic rings. The third-order valence-corrected chi connectivity index (χ3v) is 6.15. The number of hydrogen-bond acceptors (Lipinski definition) is 6. The summed E-state index contributed by atoms with van der Waals surface area (Å²) in [6, 6.07) is 12.5. The Morgan fingerprint density at radius 2 is 1.85 bits per heavy atom. The van der Waals surface area contributed by atoms with Gasteiger partial charge in [0.15, 0.2) is 9.84 Å². The van der Waals surface area contributed by atoms with Crippen molar-refractivity contribution < 1.29 is 17.6 Å². The Morgan fingerprint density at radius 3 is 2.56 bits per heavy atom. The Balaban J connectivity index is 1.83. The predicted molar refractivity (Wildman–Crippen MR) is 101 cm³/mol. The van der Waals surface area contributed by atoms with Gasteiger partial charge in [-0.2, -0.15) is 0 Å². The van der Waals surface area contributed by atoms with E-state index in [9.17, 15) is 13.2 Å². The van der Waals surface area contributed by atoms with Crippen molar-refractivity contribution in [2.45, 2.75) is 24.0 Å². The minimum absolute atomic E-state index is 0.0946. The highest BCUT2D eigenvalue weighted by molar-refractivity contribution is 7.92. The lowest BCUT2D eigenvalue weighted by Gasteiger charge is -2.08. The van der Waals surface area contributed by atoms with Crippen LogP contribution in [0.1, 0.15) is 24.2 Å². The van der Waals surface area contributed by atoms with Gasteiger partial charge in [0.25, 0.3) is 5.91 Å². The molecule has 9 heteroatoms. The molecule has 0 saturated carbocycles. The Morgan fingerprint density at radius 1 is 1.11 bits per heavy atom. The highest BCUT2D eigenvalue weighted by atomic mass is 35.5. The number of benzene rings is 2. The fourth-order valence-electron chi connectivity index (χ4n) is 2.27. The lowest BCUT2D eigenvalue weighted by Crippen LogP contribution is -2.13. The number of nitrogens with zero attached hydrogens (tertiary/aromatic N) is 2. The standard InChI is InChI=1S/C18H16ClN3O4S/c1-11(2)27(24,25)15-8-4-6-13(10-15)17-21-22-18(26-17)20-16(23)12-5-3-7-14(19)9-12/h3-11H,1-2H3,(H,20,22,23). The molecule has 2 aromatic carbocycles. The molecule has 3 rings (SSSR count). The van der Waals surface area contributed by atoms with Crippen LogP contribution in [-0.2, 0) is 9.84 Å². The summed E-state index contributed by atoms with van der Waals surface area (Å²) < 4.78 is 30.1. The summed E-state index contributed by atoms with van der Waals surface area (Å²) in [4.78, 5) is 12.4. The van der Waals surface area contributed by atoms with Gasteiger partial charge in [0.1, 0.15) is 0 Å². The van der Waals surface area contributed by atoms with Crippen LogP contribution >= 0.6 is 11.6 Å². The quantitative estimate of drug-likeness (QED) is 0.692. The maximum Gasteiger partial charge on any atom is 0.322 e. The molecule has 0 fully saturated rings. The van der Waals surface area contributed by atoms with Crippen LogP contribution < -0.4 is 5.32 Å². The van der Waals surface area contributed by atoms with Gasteiger partial charge in [0, 0.05) is 16.1 Å². The van der Waals surface area contributed by atoms with Crippen LogP contribution in [-0.4, -0.2) is 29.8 Å². The zero-order valence-corrected chi connectivity index (χ0v) is 16.1. The van der Waals surface area contributed by atoms with E-state index in [1.807, 2.05) is 0 Å². The number of halogens is 1. The average Bonchev–Trinajstić information content (AvgIpc) is 3.10. The number of aromatic nitrogens is 2. The summed E-state index contributed by atoms with van der Waals surface area (Å²) in [6.07, 6.45) is 0. The van der Waals surface area contributed by atoms with Crippen molar-refractivity contribution in [1.82, 2.24) is 10.2 Å². The third-order valence-electron chi connectivity index (χ3n) is 3.76. The van der Waals surface area contributed by atoms with Crippen LogP contribution in [0.5, 0.6) is 0 Å². The first-order chi connectivity index (χ1) is 12.8. The molecular formula is C18H16ClN3O4S. The van der Waals surface area contributed by atoms with Gasteiger partial charge >= 0.3 is 6.01 Å². The zero-order chi connectivity index (χ0) is 19.6. The van der Waals surface area contributed by atoms with Crippen LogP contribution in [0.15, 0.2) is 57.8 Å². The van der Waals surface area contributed by atoms with E-state index in [0.717, 1.165) is 0 Å². The summed E-state index contributed by atoms with van der Waals surface area (Å²) in [5, 5.41) is 10.0. The van der Waals surface area contributed by atoms with Crippen LogP contribution in [0.3, 0.4) is 0 Å². The van der Waals surface area contributed by atoms with Gasteiger partial charge in [-0.15, -0.1) is 5.10 Å². The molecule has 0 aliphatic rings. The lowest BCUT2D eigenvalue weighted by atomic mass is 10.2. The van der Waals surface area contributed by atoms with Gasteiger partial charge in [0.2, 0.25) is 5.89 Å². The molecule has 1 N–H and O–H groups in total. The van der Waals surface area contributed by atoms with Crippen LogP contribution in [0, 0.1) is 0 Å². The first kappa shape index (κ1) is 19.1. The molecule has 0 atom stereocenters. The van der Waals surface area contributed by atoms with Crippen LogP contribution in [0.4, 0.5) is 6.01 Å². The van der Waals surface area contributed by atoms with E-state index in [1.165, 1.54) is 18.2 Å². The van der Waals surface area contributed by atoms with Crippen molar-refractivity contribution in [2.75, 3.05) is 5.32 Å². The number of hydrogen-bond donors (Lipinski definition) is 1. The molecule has 0 bridgehead atoms. The molecule has 7 nitrogen and oxygen atoms in total. The number of sulfone groups is 1. The van der Waals surface area contributed by atoms with Gasteiger partial charge < -0.3 is 4.42 Å². The molecule has 0 spiro atoms. The number of rotatable bonds is 5. The Hall–Kier alpha value is -2.71. The minimum Gasteiger partial charge on any atom is -0.403 e. The van der Waals surface area contributed by atoms with E-state index >= 15 is 0 Å². The number of carbonyl (C=O) groups excluding carboxylic acids is 1. The third kappa shape index (κ3) is 4.17. The summed E-state index contributed by atoms with van der Waals surface area (Å²) in [5.74, 6) is -0.360. The number of nitrogens with one attached hydrogen (secondary N) is 1. The Labute approximate surface area is 161 Å². The fraction of sp³-hybridized carbons (Fsp3) is 0.167. The fourth-order valence-corrected chi connectivity index (χ4v) is 3.56. The van der Waals surface area contributed by atoms with Crippen molar-refractivity contribution in [3.05, 3.63) is 59.1 Å². The second-order valence-electron chi connectivity index (χ2n) is 6.00. The summed E-state index contributed by atoms with van der Waals surface area (Å²) in [7, 11) is -3.43. The van der Waals surface area contributed by atoms with Crippen molar-refractivity contribution in [3.63, 3.8) is 0 Å². The van der Waals surface area contributed by atoms with E-state index in [2.05, 4.69) is 15.5 Å². The molecule has 0 aliphatic heterocycles. The summed E-state index contributed by atoms with van der Waals surface area (Å²) >= 11 is 5.87. The molecule has 27 heavy (non-hydrogen) atoms. The minimum atomic E-state index is -3.43. The second-order valence-corrected chi connectivity index (χ2v) is 8.94. The SMILES string of the molecule is CC(C)S(=O)(=O)c1cccc(-c2nnc(NC(=O)c3cccc(Cl)c3)o2)c1. The average molecular weight is 406 g/mol. The van der Waals surface area contributed by atoms with Gasteiger partial charge in [0.05, 0.1) is 10.1 Å². The molecular weight excluding hydrogens is 390 g/mol. The predicted octanol–water partition coefficient (Wildman–Crippen LogP) is 3.82. The molecule has 0 radical (unpaired) electrons. The Kier molecular flexibility index (Phi) is 5.29. The van der Waals surface area contributed by atoms with Crippen molar-refractivity contribution >= 4 is 33.4 Å². The van der Waals surface area contributed by atoms with Crippen LogP contribution in [0.2, 0.25) is 5.02 Å². The highest BCUT2D eigenvalue weighted by Crippen LogP contribution is 2.25. The number of carbonyl (C=O) groups is 1. The highest BCUT2D eigenvalue weighted by Gasteiger charge is 2.20. The van der Waals surface area contributed by atoms with Gasteiger partial charge in [-0.3, -0.25) is 10.1 Å².